The Balaban J connectivity index is 1.83. The number of rotatable bonds is 1. The highest BCUT2D eigenvalue weighted by Crippen LogP contribution is 2.52. The maximum Gasteiger partial charge on any atom is 0.0870 e. The van der Waals surface area contributed by atoms with Crippen molar-refractivity contribution in [1.82, 2.24) is 0 Å². The summed E-state index contributed by atoms with van der Waals surface area (Å²) in [5.74, 6) is 0.808. The van der Waals surface area contributed by atoms with E-state index < -0.39 is 0 Å². The lowest BCUT2D eigenvalue weighted by Gasteiger charge is -2.46. The highest BCUT2D eigenvalue weighted by molar-refractivity contribution is 5.01. The van der Waals surface area contributed by atoms with Crippen molar-refractivity contribution < 1.29 is 9.47 Å². The van der Waals surface area contributed by atoms with Gasteiger partial charge in [0, 0.05) is 12.0 Å². The van der Waals surface area contributed by atoms with Crippen LogP contribution in [0.3, 0.4) is 0 Å². The van der Waals surface area contributed by atoms with E-state index in [1.54, 1.807) is 0 Å². The summed E-state index contributed by atoms with van der Waals surface area (Å²) in [6.45, 7) is 2.99. The molecule has 2 heterocycles. The molecule has 1 aliphatic carbocycles. The maximum absolute atomic E-state index is 5.59. The van der Waals surface area contributed by atoms with E-state index in [2.05, 4.69) is 0 Å². The minimum absolute atomic E-state index is 0.538. The van der Waals surface area contributed by atoms with Gasteiger partial charge in [0.1, 0.15) is 0 Å². The Morgan fingerprint density at radius 1 is 1.08 bits per heavy atom. The van der Waals surface area contributed by atoms with Gasteiger partial charge in [0.05, 0.1) is 19.3 Å². The van der Waals surface area contributed by atoms with E-state index in [1.165, 1.54) is 32.1 Å². The molecule has 74 valence electrons. The van der Waals surface area contributed by atoms with Crippen LogP contribution >= 0.6 is 0 Å². The van der Waals surface area contributed by atoms with Gasteiger partial charge < -0.3 is 9.47 Å². The van der Waals surface area contributed by atoms with Gasteiger partial charge in [0.15, 0.2) is 0 Å². The minimum Gasteiger partial charge on any atom is -0.381 e. The highest BCUT2D eigenvalue weighted by atomic mass is 16.6. The van der Waals surface area contributed by atoms with Gasteiger partial charge in [-0.3, -0.25) is 0 Å². The van der Waals surface area contributed by atoms with Gasteiger partial charge in [-0.1, -0.05) is 12.8 Å². The van der Waals surface area contributed by atoms with Crippen molar-refractivity contribution in [2.75, 3.05) is 19.8 Å². The number of fused-ring (bicyclic) bond motifs is 1. The normalized spacial score (nSPS) is 49.8. The van der Waals surface area contributed by atoms with Crippen molar-refractivity contribution in [1.29, 1.82) is 0 Å². The first-order valence-corrected chi connectivity index (χ1v) is 5.61. The molecule has 3 rings (SSSR count). The summed E-state index contributed by atoms with van der Waals surface area (Å²) in [6, 6.07) is 0. The van der Waals surface area contributed by atoms with Crippen LogP contribution in [0.1, 0.15) is 32.1 Å². The van der Waals surface area contributed by atoms with Crippen molar-refractivity contribution in [3.63, 3.8) is 0 Å². The molecule has 1 saturated carbocycles. The number of hydrogen-bond acceptors (Lipinski definition) is 2. The molecule has 0 aromatic carbocycles. The summed E-state index contributed by atoms with van der Waals surface area (Å²) >= 11 is 0. The SMILES string of the molecule is C1CCC2(C3CO3)CCOCC2C1. The maximum atomic E-state index is 5.59. The van der Waals surface area contributed by atoms with Crippen LogP contribution in [0.5, 0.6) is 0 Å². The van der Waals surface area contributed by atoms with E-state index in [9.17, 15) is 0 Å². The smallest absolute Gasteiger partial charge is 0.0870 e. The molecule has 0 radical (unpaired) electrons. The topological polar surface area (TPSA) is 21.8 Å². The van der Waals surface area contributed by atoms with Crippen molar-refractivity contribution in [3.05, 3.63) is 0 Å². The van der Waals surface area contributed by atoms with Crippen LogP contribution in [-0.2, 0) is 9.47 Å². The number of hydrogen-bond donors (Lipinski definition) is 0. The molecule has 2 aliphatic heterocycles. The molecule has 0 amide bonds. The predicted octanol–water partition coefficient (Wildman–Crippen LogP) is 1.98. The second-order valence-electron chi connectivity index (χ2n) is 4.82. The Labute approximate surface area is 79.6 Å². The first-order chi connectivity index (χ1) is 6.42. The largest absolute Gasteiger partial charge is 0.381 e. The van der Waals surface area contributed by atoms with Crippen LogP contribution in [0, 0.1) is 11.3 Å². The second kappa shape index (κ2) is 2.96. The molecule has 3 atom stereocenters. The third-order valence-corrected chi connectivity index (χ3v) is 4.26. The fourth-order valence-corrected chi connectivity index (χ4v) is 3.37. The van der Waals surface area contributed by atoms with E-state index >= 15 is 0 Å². The van der Waals surface area contributed by atoms with Gasteiger partial charge in [0.25, 0.3) is 0 Å². The van der Waals surface area contributed by atoms with Crippen LogP contribution in [-0.4, -0.2) is 25.9 Å². The molecular formula is C11H18O2. The standard InChI is InChI=1S/C11H18O2/c1-2-4-11(10-8-13-10)5-6-12-7-9(11)3-1/h9-10H,1-8H2. The van der Waals surface area contributed by atoms with Crippen LogP contribution in [0.15, 0.2) is 0 Å². The summed E-state index contributed by atoms with van der Waals surface area (Å²) in [4.78, 5) is 0. The Bertz CT molecular complexity index is 186. The van der Waals surface area contributed by atoms with Gasteiger partial charge in [0.2, 0.25) is 0 Å². The molecular weight excluding hydrogens is 164 g/mol. The minimum atomic E-state index is 0.538. The van der Waals surface area contributed by atoms with E-state index in [4.69, 9.17) is 9.47 Å². The molecule has 3 fully saturated rings. The zero-order valence-electron chi connectivity index (χ0n) is 8.13. The Morgan fingerprint density at radius 3 is 2.85 bits per heavy atom. The second-order valence-corrected chi connectivity index (χ2v) is 4.82. The predicted molar refractivity (Wildman–Crippen MR) is 49.6 cm³/mol. The zero-order valence-corrected chi connectivity index (χ0v) is 8.13. The molecule has 13 heavy (non-hydrogen) atoms. The summed E-state index contributed by atoms with van der Waals surface area (Å²) in [7, 11) is 0. The monoisotopic (exact) mass is 182 g/mol. The lowest BCUT2D eigenvalue weighted by molar-refractivity contribution is -0.0774. The zero-order chi connectivity index (χ0) is 8.73. The summed E-state index contributed by atoms with van der Waals surface area (Å²) in [6.07, 6.45) is 7.44. The van der Waals surface area contributed by atoms with E-state index in [0.29, 0.717) is 11.5 Å². The lowest BCUT2D eigenvalue weighted by Crippen LogP contribution is -2.45. The van der Waals surface area contributed by atoms with Crippen molar-refractivity contribution in [2.24, 2.45) is 11.3 Å². The molecule has 0 spiro atoms. The molecule has 2 nitrogen and oxygen atoms in total. The van der Waals surface area contributed by atoms with E-state index in [1.807, 2.05) is 0 Å². The fraction of sp³-hybridized carbons (Fsp3) is 1.00. The third kappa shape index (κ3) is 1.23. The Kier molecular flexibility index (Phi) is 1.88. The van der Waals surface area contributed by atoms with E-state index in [0.717, 1.165) is 25.7 Å². The summed E-state index contributed by atoms with van der Waals surface area (Å²) in [5, 5.41) is 0. The summed E-state index contributed by atoms with van der Waals surface area (Å²) in [5.41, 5.74) is 0.538. The number of epoxide rings is 1. The van der Waals surface area contributed by atoms with Gasteiger partial charge in [-0.05, 0) is 25.2 Å². The number of ether oxygens (including phenoxy) is 2. The van der Waals surface area contributed by atoms with Crippen molar-refractivity contribution in [2.45, 2.75) is 38.2 Å². The van der Waals surface area contributed by atoms with Gasteiger partial charge in [-0.25, -0.2) is 0 Å². The van der Waals surface area contributed by atoms with Crippen LogP contribution < -0.4 is 0 Å². The first kappa shape index (κ1) is 8.25. The van der Waals surface area contributed by atoms with Crippen LogP contribution in [0.25, 0.3) is 0 Å². The fourth-order valence-electron chi connectivity index (χ4n) is 3.37. The van der Waals surface area contributed by atoms with Crippen LogP contribution in [0.2, 0.25) is 0 Å². The van der Waals surface area contributed by atoms with E-state index in [-0.39, 0.29) is 0 Å². The average Bonchev–Trinajstić information content (AvgIpc) is 3.01. The molecule has 3 aliphatic rings. The molecule has 3 unspecified atom stereocenters. The molecule has 0 aromatic rings. The third-order valence-electron chi connectivity index (χ3n) is 4.26. The molecule has 0 N–H and O–H groups in total. The molecule has 0 aromatic heterocycles. The van der Waals surface area contributed by atoms with Gasteiger partial charge >= 0.3 is 0 Å². The van der Waals surface area contributed by atoms with Crippen molar-refractivity contribution >= 4 is 0 Å². The molecule has 2 saturated heterocycles. The van der Waals surface area contributed by atoms with Crippen LogP contribution in [0.4, 0.5) is 0 Å². The quantitative estimate of drug-likeness (QED) is 0.578. The molecule has 2 heteroatoms. The highest BCUT2D eigenvalue weighted by Gasteiger charge is 2.53. The Hall–Kier alpha value is -0.0800. The first-order valence-electron chi connectivity index (χ1n) is 5.61. The summed E-state index contributed by atoms with van der Waals surface area (Å²) < 4.78 is 11.1. The van der Waals surface area contributed by atoms with Gasteiger partial charge in [-0.15, -0.1) is 0 Å². The average molecular weight is 182 g/mol. The Morgan fingerprint density at radius 2 is 2.00 bits per heavy atom. The van der Waals surface area contributed by atoms with Gasteiger partial charge in [-0.2, -0.15) is 0 Å². The lowest BCUT2D eigenvalue weighted by atomic mass is 9.62. The van der Waals surface area contributed by atoms with Crippen molar-refractivity contribution in [3.8, 4) is 0 Å². The molecule has 0 bridgehead atoms.